The number of rotatable bonds is 1. The van der Waals surface area contributed by atoms with E-state index >= 15 is 0 Å². The standard InChI is InChI=1S/C11H15F/c1-7(2)10-6-5-8(3)11(12)9(10)4/h5-7H,1-4H3. The molecular weight excluding hydrogens is 151 g/mol. The quantitative estimate of drug-likeness (QED) is 0.598. The van der Waals surface area contributed by atoms with Crippen LogP contribution in [0, 0.1) is 19.7 Å². The van der Waals surface area contributed by atoms with Crippen molar-refractivity contribution >= 4 is 0 Å². The highest BCUT2D eigenvalue weighted by molar-refractivity contribution is 5.34. The van der Waals surface area contributed by atoms with Crippen LogP contribution in [0.15, 0.2) is 12.1 Å². The zero-order valence-corrected chi connectivity index (χ0v) is 8.11. The van der Waals surface area contributed by atoms with E-state index in [0.29, 0.717) is 5.92 Å². The molecule has 0 fully saturated rings. The molecule has 1 aromatic carbocycles. The second-order valence-electron chi connectivity index (χ2n) is 3.57. The minimum Gasteiger partial charge on any atom is -0.206 e. The van der Waals surface area contributed by atoms with Gasteiger partial charge in [-0.2, -0.15) is 0 Å². The van der Waals surface area contributed by atoms with Crippen LogP contribution in [-0.2, 0) is 0 Å². The first kappa shape index (κ1) is 9.24. The van der Waals surface area contributed by atoms with Crippen LogP contribution in [0.1, 0.15) is 36.5 Å². The summed E-state index contributed by atoms with van der Waals surface area (Å²) in [5.41, 5.74) is 2.64. The summed E-state index contributed by atoms with van der Waals surface area (Å²) in [7, 11) is 0. The molecule has 0 radical (unpaired) electrons. The Labute approximate surface area is 73.4 Å². The van der Waals surface area contributed by atoms with E-state index in [1.807, 2.05) is 19.1 Å². The summed E-state index contributed by atoms with van der Waals surface area (Å²) in [6, 6.07) is 3.86. The molecule has 0 unspecified atom stereocenters. The highest BCUT2D eigenvalue weighted by Crippen LogP contribution is 2.22. The van der Waals surface area contributed by atoms with Crippen molar-refractivity contribution in [3.05, 3.63) is 34.6 Å². The predicted molar refractivity (Wildman–Crippen MR) is 50.0 cm³/mol. The first-order valence-corrected chi connectivity index (χ1v) is 4.29. The van der Waals surface area contributed by atoms with E-state index in [1.54, 1.807) is 6.92 Å². The van der Waals surface area contributed by atoms with Gasteiger partial charge in [0, 0.05) is 0 Å². The second-order valence-corrected chi connectivity index (χ2v) is 3.57. The lowest BCUT2D eigenvalue weighted by Crippen LogP contribution is -1.96. The van der Waals surface area contributed by atoms with Crippen LogP contribution in [0.3, 0.4) is 0 Å². The van der Waals surface area contributed by atoms with Crippen LogP contribution < -0.4 is 0 Å². The van der Waals surface area contributed by atoms with Crippen LogP contribution in [0.4, 0.5) is 4.39 Å². The van der Waals surface area contributed by atoms with E-state index in [9.17, 15) is 4.39 Å². The van der Waals surface area contributed by atoms with Crippen LogP contribution in [0.25, 0.3) is 0 Å². The fraction of sp³-hybridized carbons (Fsp3) is 0.455. The van der Waals surface area contributed by atoms with Gasteiger partial charge in [-0.05, 0) is 36.5 Å². The highest BCUT2D eigenvalue weighted by Gasteiger charge is 2.08. The Morgan fingerprint density at radius 3 is 2.25 bits per heavy atom. The number of benzene rings is 1. The van der Waals surface area contributed by atoms with Gasteiger partial charge in [-0.1, -0.05) is 26.0 Å². The molecule has 0 N–H and O–H groups in total. The maximum atomic E-state index is 13.4. The van der Waals surface area contributed by atoms with Gasteiger partial charge in [0.25, 0.3) is 0 Å². The van der Waals surface area contributed by atoms with Gasteiger partial charge in [0.1, 0.15) is 5.82 Å². The SMILES string of the molecule is Cc1ccc(C(C)C)c(C)c1F. The molecule has 0 aliphatic carbocycles. The molecule has 66 valence electrons. The number of aryl methyl sites for hydroxylation is 1. The van der Waals surface area contributed by atoms with Crippen LogP contribution >= 0.6 is 0 Å². The molecule has 1 rings (SSSR count). The first-order chi connectivity index (χ1) is 5.54. The molecule has 0 aromatic heterocycles. The van der Waals surface area contributed by atoms with Gasteiger partial charge in [0.15, 0.2) is 0 Å². The molecule has 0 saturated carbocycles. The summed E-state index contributed by atoms with van der Waals surface area (Å²) in [5, 5.41) is 0. The van der Waals surface area contributed by atoms with Crippen molar-refractivity contribution in [3.63, 3.8) is 0 Å². The second kappa shape index (κ2) is 3.26. The normalized spacial score (nSPS) is 10.8. The van der Waals surface area contributed by atoms with Gasteiger partial charge in [-0.15, -0.1) is 0 Å². The summed E-state index contributed by atoms with van der Waals surface area (Å²) < 4.78 is 13.4. The molecule has 0 aliphatic rings. The lowest BCUT2D eigenvalue weighted by atomic mass is 9.96. The largest absolute Gasteiger partial charge is 0.206 e. The maximum Gasteiger partial charge on any atom is 0.129 e. The van der Waals surface area contributed by atoms with Crippen molar-refractivity contribution in [2.24, 2.45) is 0 Å². The van der Waals surface area contributed by atoms with Crippen molar-refractivity contribution in [1.82, 2.24) is 0 Å². The minimum atomic E-state index is -0.0544. The molecular formula is C11H15F. The smallest absolute Gasteiger partial charge is 0.129 e. The number of hydrogen-bond acceptors (Lipinski definition) is 0. The van der Waals surface area contributed by atoms with E-state index in [0.717, 1.165) is 16.7 Å². The van der Waals surface area contributed by atoms with Crippen LogP contribution in [0.5, 0.6) is 0 Å². The Hall–Kier alpha value is -0.850. The Morgan fingerprint density at radius 1 is 1.17 bits per heavy atom. The van der Waals surface area contributed by atoms with E-state index in [4.69, 9.17) is 0 Å². The lowest BCUT2D eigenvalue weighted by molar-refractivity contribution is 0.603. The Kier molecular flexibility index (Phi) is 2.51. The molecule has 0 nitrogen and oxygen atoms in total. The molecule has 0 spiro atoms. The molecule has 0 atom stereocenters. The third-order valence-corrected chi connectivity index (χ3v) is 2.24. The molecule has 1 aromatic rings. The first-order valence-electron chi connectivity index (χ1n) is 4.29. The van der Waals surface area contributed by atoms with Gasteiger partial charge in [0.2, 0.25) is 0 Å². The number of hydrogen-bond donors (Lipinski definition) is 0. The summed E-state index contributed by atoms with van der Waals surface area (Å²) in [6.07, 6.45) is 0. The van der Waals surface area contributed by atoms with Crippen molar-refractivity contribution in [3.8, 4) is 0 Å². The van der Waals surface area contributed by atoms with Gasteiger partial charge in [-0.3, -0.25) is 0 Å². The van der Waals surface area contributed by atoms with E-state index in [-0.39, 0.29) is 5.82 Å². The van der Waals surface area contributed by atoms with Crippen molar-refractivity contribution in [1.29, 1.82) is 0 Å². The topological polar surface area (TPSA) is 0 Å². The Morgan fingerprint density at radius 2 is 1.75 bits per heavy atom. The van der Waals surface area contributed by atoms with Gasteiger partial charge in [0.05, 0.1) is 0 Å². The van der Waals surface area contributed by atoms with Crippen molar-refractivity contribution < 1.29 is 4.39 Å². The lowest BCUT2D eigenvalue weighted by Gasteiger charge is -2.11. The predicted octanol–water partition coefficient (Wildman–Crippen LogP) is 3.57. The molecule has 0 bridgehead atoms. The molecule has 0 heterocycles. The zero-order chi connectivity index (χ0) is 9.30. The molecule has 0 aliphatic heterocycles. The van der Waals surface area contributed by atoms with E-state index < -0.39 is 0 Å². The molecule has 12 heavy (non-hydrogen) atoms. The van der Waals surface area contributed by atoms with Crippen molar-refractivity contribution in [2.45, 2.75) is 33.6 Å². The third-order valence-electron chi connectivity index (χ3n) is 2.24. The fourth-order valence-electron chi connectivity index (χ4n) is 1.46. The third kappa shape index (κ3) is 1.50. The van der Waals surface area contributed by atoms with E-state index in [1.165, 1.54) is 0 Å². The van der Waals surface area contributed by atoms with Crippen molar-refractivity contribution in [2.75, 3.05) is 0 Å². The molecule has 1 heteroatoms. The van der Waals surface area contributed by atoms with Gasteiger partial charge >= 0.3 is 0 Å². The summed E-state index contributed by atoms with van der Waals surface area (Å²) in [5.74, 6) is 0.348. The average Bonchev–Trinajstić information content (AvgIpc) is 2.00. The highest BCUT2D eigenvalue weighted by atomic mass is 19.1. The molecule has 0 saturated heterocycles. The number of halogens is 1. The fourth-order valence-corrected chi connectivity index (χ4v) is 1.46. The van der Waals surface area contributed by atoms with Gasteiger partial charge < -0.3 is 0 Å². The van der Waals surface area contributed by atoms with E-state index in [2.05, 4.69) is 13.8 Å². The molecule has 0 amide bonds. The summed E-state index contributed by atoms with van der Waals surface area (Å²) >= 11 is 0. The zero-order valence-electron chi connectivity index (χ0n) is 8.11. The minimum absolute atomic E-state index is 0.0544. The van der Waals surface area contributed by atoms with Crippen LogP contribution in [-0.4, -0.2) is 0 Å². The average molecular weight is 166 g/mol. The summed E-state index contributed by atoms with van der Waals surface area (Å²) in [6.45, 7) is 7.80. The maximum absolute atomic E-state index is 13.4. The Balaban J connectivity index is 3.27. The Bertz CT molecular complexity index is 287. The van der Waals surface area contributed by atoms with Gasteiger partial charge in [-0.25, -0.2) is 4.39 Å². The monoisotopic (exact) mass is 166 g/mol. The summed E-state index contributed by atoms with van der Waals surface area (Å²) in [4.78, 5) is 0. The van der Waals surface area contributed by atoms with Crippen LogP contribution in [0.2, 0.25) is 0 Å².